The molecule has 7 heteroatoms. The number of carbonyl (C=O) groups excluding carboxylic acids is 2. The van der Waals surface area contributed by atoms with Crippen molar-refractivity contribution in [3.05, 3.63) is 23.8 Å². The van der Waals surface area contributed by atoms with Crippen molar-refractivity contribution in [2.45, 2.75) is 25.3 Å². The molecule has 1 aliphatic heterocycles. The molecule has 2 rings (SSSR count). The van der Waals surface area contributed by atoms with Gasteiger partial charge in [0.15, 0.2) is 12.4 Å². The van der Waals surface area contributed by atoms with Gasteiger partial charge in [-0.25, -0.2) is 4.79 Å². The van der Waals surface area contributed by atoms with Crippen molar-refractivity contribution in [3.8, 4) is 5.75 Å². The molecule has 6 nitrogen and oxygen atoms in total. The van der Waals surface area contributed by atoms with Gasteiger partial charge in [0.2, 0.25) is 0 Å². The largest absolute Gasteiger partial charge is 0.482 e. The van der Waals surface area contributed by atoms with Gasteiger partial charge in [0.05, 0.1) is 11.1 Å². The van der Waals surface area contributed by atoms with Gasteiger partial charge in [0.1, 0.15) is 11.8 Å². The number of carboxylic acids is 1. The predicted molar refractivity (Wildman–Crippen MR) is 76.2 cm³/mol. The van der Waals surface area contributed by atoms with Crippen LogP contribution in [0.2, 0.25) is 0 Å². The lowest BCUT2D eigenvalue weighted by atomic mass is 10.1. The van der Waals surface area contributed by atoms with E-state index < -0.39 is 23.3 Å². The Hall–Kier alpha value is -2.08. The van der Waals surface area contributed by atoms with Crippen LogP contribution in [0.3, 0.4) is 0 Å². The smallest absolute Gasteiger partial charge is 0.326 e. The number of aliphatic carboxylic acids is 1. The Kier molecular flexibility index (Phi) is 4.18. The average molecular weight is 312 g/mol. The van der Waals surface area contributed by atoms with Crippen molar-refractivity contribution < 1.29 is 24.2 Å². The number of rotatable bonds is 4. The number of carbonyl (C=O) groups is 3. The minimum Gasteiger partial charge on any atom is -0.482 e. The molecule has 0 spiro atoms. The molecule has 1 aromatic rings. The quantitative estimate of drug-likeness (QED) is 0.676. The predicted octanol–water partition coefficient (Wildman–Crippen LogP) is 1.70. The van der Waals surface area contributed by atoms with Crippen LogP contribution in [0.1, 0.15) is 24.2 Å². The molecule has 2 unspecified atom stereocenters. The third-order valence-corrected chi connectivity index (χ3v) is 3.43. The summed E-state index contributed by atoms with van der Waals surface area (Å²) in [7, 11) is 0. The summed E-state index contributed by atoms with van der Waals surface area (Å²) >= 11 is 5.77. The highest BCUT2D eigenvalue weighted by atomic mass is 35.5. The lowest BCUT2D eigenvalue weighted by molar-refractivity contribution is -0.140. The number of ketones is 1. The maximum atomic E-state index is 11.9. The Labute approximate surface area is 126 Å². The monoisotopic (exact) mass is 311 g/mol. The Bertz CT molecular complexity index is 613. The van der Waals surface area contributed by atoms with Gasteiger partial charge in [-0.15, -0.1) is 11.6 Å². The van der Waals surface area contributed by atoms with Crippen LogP contribution in [0, 0.1) is 0 Å². The van der Waals surface area contributed by atoms with Crippen molar-refractivity contribution >= 4 is 34.9 Å². The van der Waals surface area contributed by atoms with Crippen LogP contribution in [0.15, 0.2) is 18.2 Å². The molecule has 21 heavy (non-hydrogen) atoms. The Morgan fingerprint density at radius 1 is 1.38 bits per heavy atom. The number of nitrogens with zero attached hydrogens (tertiary/aromatic N) is 1. The molecule has 1 N–H and O–H groups in total. The molecule has 1 amide bonds. The summed E-state index contributed by atoms with van der Waals surface area (Å²) in [5.41, 5.74) is 0.571. The lowest BCUT2D eigenvalue weighted by Crippen LogP contribution is -2.48. The molecule has 0 bridgehead atoms. The van der Waals surface area contributed by atoms with Gasteiger partial charge in [-0.3, -0.25) is 14.5 Å². The first kappa shape index (κ1) is 15.3. The zero-order valence-electron chi connectivity index (χ0n) is 11.5. The number of fused-ring (bicyclic) bond motifs is 1. The molecule has 1 aromatic carbocycles. The van der Waals surface area contributed by atoms with E-state index in [-0.39, 0.29) is 18.1 Å². The molecule has 0 saturated carbocycles. The molecule has 0 saturated heterocycles. The van der Waals surface area contributed by atoms with E-state index in [1.165, 1.54) is 19.1 Å². The van der Waals surface area contributed by atoms with Crippen molar-refractivity contribution in [1.29, 1.82) is 0 Å². The van der Waals surface area contributed by atoms with Gasteiger partial charge < -0.3 is 9.84 Å². The summed E-state index contributed by atoms with van der Waals surface area (Å²) in [5.74, 6) is -1.55. The Balaban J connectivity index is 2.50. The number of hydrogen-bond donors (Lipinski definition) is 1. The van der Waals surface area contributed by atoms with Gasteiger partial charge in [-0.2, -0.15) is 0 Å². The van der Waals surface area contributed by atoms with Crippen LogP contribution in [-0.2, 0) is 9.59 Å². The highest BCUT2D eigenvalue weighted by Gasteiger charge is 2.33. The zero-order valence-corrected chi connectivity index (χ0v) is 12.3. The second kappa shape index (κ2) is 5.73. The minimum atomic E-state index is -1.14. The normalized spacial score (nSPS) is 16.7. The van der Waals surface area contributed by atoms with Crippen LogP contribution in [0.4, 0.5) is 5.69 Å². The van der Waals surface area contributed by atoms with Gasteiger partial charge in [-0.1, -0.05) is 0 Å². The van der Waals surface area contributed by atoms with E-state index in [2.05, 4.69) is 0 Å². The van der Waals surface area contributed by atoms with Crippen molar-refractivity contribution in [2.24, 2.45) is 0 Å². The van der Waals surface area contributed by atoms with Gasteiger partial charge in [-0.05, 0) is 32.0 Å². The van der Waals surface area contributed by atoms with Crippen LogP contribution in [-0.4, -0.2) is 40.8 Å². The molecule has 1 heterocycles. The summed E-state index contributed by atoms with van der Waals surface area (Å²) < 4.78 is 5.26. The number of Topliss-reactive ketones (excluding diaryl/α,β-unsaturated/α-hetero) is 1. The second-order valence-electron chi connectivity index (χ2n) is 4.73. The van der Waals surface area contributed by atoms with Crippen LogP contribution in [0.25, 0.3) is 0 Å². The first-order valence-corrected chi connectivity index (χ1v) is 6.76. The van der Waals surface area contributed by atoms with E-state index in [4.69, 9.17) is 21.4 Å². The molecular weight excluding hydrogens is 298 g/mol. The van der Waals surface area contributed by atoms with E-state index in [9.17, 15) is 14.4 Å². The maximum absolute atomic E-state index is 11.9. The lowest BCUT2D eigenvalue weighted by Gasteiger charge is -2.32. The fourth-order valence-corrected chi connectivity index (χ4v) is 2.22. The molecule has 0 fully saturated rings. The molecular formula is C14H14ClNO5. The third-order valence-electron chi connectivity index (χ3n) is 3.23. The molecule has 0 radical (unpaired) electrons. The zero-order chi connectivity index (χ0) is 15.7. The number of anilines is 1. The van der Waals surface area contributed by atoms with Crippen LogP contribution in [0.5, 0.6) is 5.75 Å². The van der Waals surface area contributed by atoms with E-state index in [1.807, 2.05) is 0 Å². The minimum absolute atomic E-state index is 0.232. The third kappa shape index (κ3) is 2.85. The van der Waals surface area contributed by atoms with E-state index in [1.54, 1.807) is 13.0 Å². The fourth-order valence-electron chi connectivity index (χ4n) is 2.09. The van der Waals surface area contributed by atoms with E-state index in [0.29, 0.717) is 11.3 Å². The second-order valence-corrected chi connectivity index (χ2v) is 5.38. The number of alkyl halides is 1. The average Bonchev–Trinajstić information content (AvgIpc) is 2.44. The Morgan fingerprint density at radius 2 is 2.05 bits per heavy atom. The molecule has 0 aromatic heterocycles. The van der Waals surface area contributed by atoms with Gasteiger partial charge in [0.25, 0.3) is 5.91 Å². The highest BCUT2D eigenvalue weighted by molar-refractivity contribution is 6.33. The van der Waals surface area contributed by atoms with Crippen molar-refractivity contribution in [2.75, 3.05) is 11.5 Å². The molecule has 2 atom stereocenters. The van der Waals surface area contributed by atoms with Crippen LogP contribution < -0.4 is 9.64 Å². The fraction of sp³-hybridized carbons (Fsp3) is 0.357. The van der Waals surface area contributed by atoms with Crippen molar-refractivity contribution in [1.82, 2.24) is 0 Å². The molecule has 1 aliphatic rings. The van der Waals surface area contributed by atoms with Crippen LogP contribution >= 0.6 is 11.6 Å². The highest BCUT2D eigenvalue weighted by Crippen LogP contribution is 2.34. The summed E-state index contributed by atoms with van der Waals surface area (Å²) in [5, 5.41) is 8.41. The number of amides is 1. The number of hydrogen-bond acceptors (Lipinski definition) is 4. The number of ether oxygens (including phenoxy) is 1. The van der Waals surface area contributed by atoms with E-state index >= 15 is 0 Å². The molecule has 0 aliphatic carbocycles. The first-order chi connectivity index (χ1) is 9.82. The van der Waals surface area contributed by atoms with Gasteiger partial charge >= 0.3 is 5.97 Å². The maximum Gasteiger partial charge on any atom is 0.326 e. The summed E-state index contributed by atoms with van der Waals surface area (Å²) in [6.45, 7) is 2.71. The topological polar surface area (TPSA) is 83.9 Å². The standard InChI is InChI=1S/C14H14ClNO5/c1-7(15)13(18)9-3-4-11-10(5-9)16(8(2)14(19)20)12(17)6-21-11/h3-5,7-8H,6H2,1-2H3,(H,19,20). The SMILES string of the molecule is CC(Cl)C(=O)c1ccc2c(c1)N(C(C)C(=O)O)C(=O)CO2. The number of benzene rings is 1. The number of carboxylic acid groups (broad SMARTS) is 1. The van der Waals surface area contributed by atoms with E-state index in [0.717, 1.165) is 4.90 Å². The van der Waals surface area contributed by atoms with Gasteiger partial charge in [0, 0.05) is 5.56 Å². The summed E-state index contributed by atoms with van der Waals surface area (Å²) in [6, 6.07) is 3.46. The number of halogens is 1. The molecule has 112 valence electrons. The first-order valence-electron chi connectivity index (χ1n) is 6.33. The Morgan fingerprint density at radius 3 is 2.62 bits per heavy atom. The summed E-state index contributed by atoms with van der Waals surface area (Å²) in [6.07, 6.45) is 0. The summed E-state index contributed by atoms with van der Waals surface area (Å²) in [4.78, 5) is 36.2. The van der Waals surface area contributed by atoms with Crippen molar-refractivity contribution in [3.63, 3.8) is 0 Å².